The van der Waals surface area contributed by atoms with Gasteiger partial charge in [0.25, 0.3) is 17.4 Å². The number of para-hydroxylation sites is 1. The van der Waals surface area contributed by atoms with E-state index in [1.807, 2.05) is 18.7 Å². The van der Waals surface area contributed by atoms with E-state index in [0.29, 0.717) is 46.9 Å². The standard InChI is InChI=1S/C26H30N4O3/c1-16(2)30-26(33)20-10-6-5-9-19(20)23(28-30)24(31)27-22-12-8-7-11-21(22)25(32)29-14-17(3)13-18(4)15-29/h5-12,16-18H,13-15H2,1-4H3,(H,27,31). The minimum absolute atomic E-state index is 0.0886. The number of likely N-dealkylation sites (tertiary alicyclic amines) is 1. The van der Waals surface area contributed by atoms with E-state index in [1.165, 1.54) is 4.68 Å². The molecular formula is C26H30N4O3. The van der Waals surface area contributed by atoms with Gasteiger partial charge in [-0.3, -0.25) is 14.4 Å². The molecule has 0 saturated carbocycles. The van der Waals surface area contributed by atoms with E-state index in [1.54, 1.807) is 48.5 Å². The first-order valence-electron chi connectivity index (χ1n) is 11.5. The lowest BCUT2D eigenvalue weighted by molar-refractivity contribution is 0.0624. The Morgan fingerprint density at radius 3 is 2.24 bits per heavy atom. The van der Waals surface area contributed by atoms with Crippen LogP contribution in [0.5, 0.6) is 0 Å². The number of amides is 2. The summed E-state index contributed by atoms with van der Waals surface area (Å²) in [6.07, 6.45) is 1.10. The number of hydrogen-bond acceptors (Lipinski definition) is 4. The molecule has 4 rings (SSSR count). The first-order valence-corrected chi connectivity index (χ1v) is 11.5. The lowest BCUT2D eigenvalue weighted by atomic mass is 9.91. The summed E-state index contributed by atoms with van der Waals surface area (Å²) in [5, 5.41) is 8.18. The number of anilines is 1. The van der Waals surface area contributed by atoms with Crippen molar-refractivity contribution in [1.82, 2.24) is 14.7 Å². The predicted molar refractivity (Wildman–Crippen MR) is 130 cm³/mol. The maximum Gasteiger partial charge on any atom is 0.276 e. The maximum atomic E-state index is 13.4. The van der Waals surface area contributed by atoms with Crippen molar-refractivity contribution in [3.05, 3.63) is 70.1 Å². The van der Waals surface area contributed by atoms with Gasteiger partial charge in [0.1, 0.15) is 0 Å². The third kappa shape index (κ3) is 4.53. The molecule has 7 heteroatoms. The SMILES string of the molecule is CC1CC(C)CN(C(=O)c2ccccc2NC(=O)c2nn(C(C)C)c(=O)c3ccccc23)C1. The average Bonchev–Trinajstić information content (AvgIpc) is 2.78. The van der Waals surface area contributed by atoms with Gasteiger partial charge in [-0.05, 0) is 50.3 Å². The Labute approximate surface area is 193 Å². The third-order valence-corrected chi connectivity index (χ3v) is 6.09. The zero-order valence-electron chi connectivity index (χ0n) is 19.5. The molecule has 2 amide bonds. The molecule has 0 bridgehead atoms. The number of fused-ring (bicyclic) bond motifs is 1. The lowest BCUT2D eigenvalue weighted by Crippen LogP contribution is -2.42. The summed E-state index contributed by atoms with van der Waals surface area (Å²) >= 11 is 0. The molecule has 2 heterocycles. The van der Waals surface area contributed by atoms with Gasteiger partial charge in [-0.1, -0.05) is 44.2 Å². The smallest absolute Gasteiger partial charge is 0.276 e. The van der Waals surface area contributed by atoms with Gasteiger partial charge in [-0.25, -0.2) is 4.68 Å². The zero-order valence-corrected chi connectivity index (χ0v) is 19.5. The number of nitrogens with zero attached hydrogens (tertiary/aromatic N) is 3. The normalized spacial score (nSPS) is 18.5. The Morgan fingerprint density at radius 1 is 0.970 bits per heavy atom. The van der Waals surface area contributed by atoms with Crippen molar-refractivity contribution in [3.8, 4) is 0 Å². The van der Waals surface area contributed by atoms with Crippen LogP contribution in [0, 0.1) is 11.8 Å². The van der Waals surface area contributed by atoms with Gasteiger partial charge >= 0.3 is 0 Å². The van der Waals surface area contributed by atoms with E-state index < -0.39 is 5.91 Å². The molecule has 1 saturated heterocycles. The summed E-state index contributed by atoms with van der Waals surface area (Å²) in [5.41, 5.74) is 0.808. The molecule has 1 aromatic heterocycles. The van der Waals surface area contributed by atoms with E-state index in [9.17, 15) is 14.4 Å². The van der Waals surface area contributed by atoms with Crippen LogP contribution >= 0.6 is 0 Å². The lowest BCUT2D eigenvalue weighted by Gasteiger charge is -2.35. The van der Waals surface area contributed by atoms with Crippen LogP contribution in [0.1, 0.15) is 61.0 Å². The second-order valence-electron chi connectivity index (χ2n) is 9.39. The van der Waals surface area contributed by atoms with Gasteiger partial charge in [0, 0.05) is 18.5 Å². The predicted octanol–water partition coefficient (Wildman–Crippen LogP) is 4.35. The van der Waals surface area contributed by atoms with Gasteiger partial charge in [0.2, 0.25) is 0 Å². The second-order valence-corrected chi connectivity index (χ2v) is 9.39. The molecule has 0 aliphatic carbocycles. The van der Waals surface area contributed by atoms with Crippen LogP contribution in [0.2, 0.25) is 0 Å². The first kappa shape index (κ1) is 22.7. The minimum atomic E-state index is -0.457. The molecule has 0 radical (unpaired) electrons. The van der Waals surface area contributed by atoms with Gasteiger partial charge in [-0.15, -0.1) is 0 Å². The molecule has 1 aliphatic rings. The third-order valence-electron chi connectivity index (χ3n) is 6.09. The summed E-state index contributed by atoms with van der Waals surface area (Å²) in [7, 11) is 0. The molecule has 172 valence electrons. The van der Waals surface area contributed by atoms with Crippen LogP contribution in [0.4, 0.5) is 5.69 Å². The molecule has 0 spiro atoms. The quantitative estimate of drug-likeness (QED) is 0.646. The largest absolute Gasteiger partial charge is 0.338 e. The monoisotopic (exact) mass is 446 g/mol. The first-order chi connectivity index (χ1) is 15.8. The fraction of sp³-hybridized carbons (Fsp3) is 0.385. The highest BCUT2D eigenvalue weighted by molar-refractivity contribution is 6.13. The molecule has 2 unspecified atom stereocenters. The van der Waals surface area contributed by atoms with E-state index in [-0.39, 0.29) is 23.2 Å². The van der Waals surface area contributed by atoms with Crippen molar-refractivity contribution in [2.75, 3.05) is 18.4 Å². The average molecular weight is 447 g/mol. The van der Waals surface area contributed by atoms with E-state index >= 15 is 0 Å². The molecule has 1 fully saturated rings. The van der Waals surface area contributed by atoms with Crippen molar-refractivity contribution >= 4 is 28.3 Å². The summed E-state index contributed by atoms with van der Waals surface area (Å²) in [5.74, 6) is 0.328. The van der Waals surface area contributed by atoms with Crippen molar-refractivity contribution in [3.63, 3.8) is 0 Å². The Hall–Kier alpha value is -3.48. The summed E-state index contributed by atoms with van der Waals surface area (Å²) in [6.45, 7) is 9.42. The molecule has 2 atom stereocenters. The maximum absolute atomic E-state index is 13.4. The van der Waals surface area contributed by atoms with Crippen molar-refractivity contribution < 1.29 is 9.59 Å². The van der Waals surface area contributed by atoms with E-state index in [4.69, 9.17) is 0 Å². The Balaban J connectivity index is 1.70. The number of rotatable bonds is 4. The highest BCUT2D eigenvalue weighted by Gasteiger charge is 2.28. The van der Waals surface area contributed by atoms with Gasteiger partial charge in [0.05, 0.1) is 22.7 Å². The van der Waals surface area contributed by atoms with Gasteiger partial charge in [-0.2, -0.15) is 5.10 Å². The van der Waals surface area contributed by atoms with Crippen LogP contribution in [-0.4, -0.2) is 39.6 Å². The topological polar surface area (TPSA) is 84.3 Å². The highest BCUT2D eigenvalue weighted by atomic mass is 16.2. The number of nitrogens with one attached hydrogen (secondary N) is 1. The molecule has 1 N–H and O–H groups in total. The summed E-state index contributed by atoms with van der Waals surface area (Å²) in [4.78, 5) is 41.4. The molecule has 1 aliphatic heterocycles. The van der Waals surface area contributed by atoms with Crippen molar-refractivity contribution in [1.29, 1.82) is 0 Å². The van der Waals surface area contributed by atoms with Gasteiger partial charge < -0.3 is 10.2 Å². The van der Waals surface area contributed by atoms with E-state index in [2.05, 4.69) is 24.3 Å². The summed E-state index contributed by atoms with van der Waals surface area (Å²) < 4.78 is 1.32. The van der Waals surface area contributed by atoms with Crippen LogP contribution in [0.25, 0.3) is 10.8 Å². The van der Waals surface area contributed by atoms with Crippen molar-refractivity contribution in [2.45, 2.75) is 40.2 Å². The van der Waals surface area contributed by atoms with Crippen molar-refractivity contribution in [2.24, 2.45) is 11.8 Å². The number of benzene rings is 2. The second kappa shape index (κ2) is 9.17. The zero-order chi connectivity index (χ0) is 23.7. The molecule has 33 heavy (non-hydrogen) atoms. The highest BCUT2D eigenvalue weighted by Crippen LogP contribution is 2.25. The van der Waals surface area contributed by atoms with Crippen LogP contribution < -0.4 is 10.9 Å². The Kier molecular flexibility index (Phi) is 6.31. The summed E-state index contributed by atoms with van der Waals surface area (Å²) in [6, 6.07) is 13.8. The number of hydrogen-bond donors (Lipinski definition) is 1. The number of piperidine rings is 1. The fourth-order valence-corrected chi connectivity index (χ4v) is 4.68. The minimum Gasteiger partial charge on any atom is -0.338 e. The van der Waals surface area contributed by atoms with Crippen LogP contribution in [-0.2, 0) is 0 Å². The molecular weight excluding hydrogens is 416 g/mol. The van der Waals surface area contributed by atoms with E-state index in [0.717, 1.165) is 6.42 Å². The molecule has 3 aromatic rings. The number of aromatic nitrogens is 2. The Morgan fingerprint density at radius 2 is 1.58 bits per heavy atom. The van der Waals surface area contributed by atoms with Crippen LogP contribution in [0.15, 0.2) is 53.3 Å². The number of carbonyl (C=O) groups is 2. The molecule has 2 aromatic carbocycles. The van der Waals surface area contributed by atoms with Crippen LogP contribution in [0.3, 0.4) is 0 Å². The fourth-order valence-electron chi connectivity index (χ4n) is 4.68. The Bertz CT molecular complexity index is 1250. The molecule has 7 nitrogen and oxygen atoms in total. The number of carbonyl (C=O) groups excluding carboxylic acids is 2. The van der Waals surface area contributed by atoms with Gasteiger partial charge in [0.15, 0.2) is 5.69 Å².